The van der Waals surface area contributed by atoms with Crippen molar-refractivity contribution in [2.75, 3.05) is 6.54 Å². The van der Waals surface area contributed by atoms with Gasteiger partial charge in [0, 0.05) is 18.1 Å². The lowest BCUT2D eigenvalue weighted by atomic mass is 10.1. The number of nitrogens with one attached hydrogen (secondary N) is 2. The Kier molecular flexibility index (Phi) is 4.45. The molecule has 106 valence electrons. The average molecular weight is 293 g/mol. The van der Waals surface area contributed by atoms with Crippen LogP contribution >= 0.6 is 11.6 Å². The van der Waals surface area contributed by atoms with Crippen LogP contribution in [-0.4, -0.2) is 18.4 Å². The van der Waals surface area contributed by atoms with Crippen molar-refractivity contribution in [3.05, 3.63) is 47.5 Å². The van der Waals surface area contributed by atoms with Crippen LogP contribution in [0.15, 0.2) is 36.9 Å². The summed E-state index contributed by atoms with van der Waals surface area (Å²) in [5, 5.41) is 6.15. The van der Waals surface area contributed by atoms with E-state index < -0.39 is 5.41 Å². The van der Waals surface area contributed by atoms with Crippen molar-refractivity contribution in [3.63, 3.8) is 0 Å². The van der Waals surface area contributed by atoms with E-state index in [2.05, 4.69) is 17.2 Å². The minimum atomic E-state index is -0.880. The third-order valence-electron chi connectivity index (χ3n) is 3.39. The van der Waals surface area contributed by atoms with Crippen LogP contribution in [-0.2, 0) is 16.1 Å². The SMILES string of the molecule is C=CCNC(=O)C1(C(=O)NCc2ccc(Cl)cc2)CC1. The lowest BCUT2D eigenvalue weighted by Gasteiger charge is -2.14. The molecule has 0 radical (unpaired) electrons. The maximum absolute atomic E-state index is 12.1. The Morgan fingerprint density at radius 3 is 2.35 bits per heavy atom. The van der Waals surface area contributed by atoms with Crippen molar-refractivity contribution in [3.8, 4) is 0 Å². The average Bonchev–Trinajstić information content (AvgIpc) is 3.25. The topological polar surface area (TPSA) is 58.2 Å². The summed E-state index contributed by atoms with van der Waals surface area (Å²) in [6.07, 6.45) is 2.80. The molecule has 1 aliphatic carbocycles. The second kappa shape index (κ2) is 6.09. The first kappa shape index (κ1) is 14.6. The summed E-state index contributed by atoms with van der Waals surface area (Å²) in [6.45, 7) is 4.31. The van der Waals surface area contributed by atoms with E-state index in [-0.39, 0.29) is 11.8 Å². The zero-order chi connectivity index (χ0) is 14.6. The van der Waals surface area contributed by atoms with Crippen LogP contribution in [0.1, 0.15) is 18.4 Å². The molecule has 0 atom stereocenters. The van der Waals surface area contributed by atoms with Crippen LogP contribution in [0.4, 0.5) is 0 Å². The first-order valence-corrected chi connectivity index (χ1v) is 6.88. The van der Waals surface area contributed by atoms with Gasteiger partial charge in [0.2, 0.25) is 11.8 Å². The van der Waals surface area contributed by atoms with Gasteiger partial charge in [-0.25, -0.2) is 0 Å². The van der Waals surface area contributed by atoms with Crippen molar-refractivity contribution in [2.24, 2.45) is 5.41 Å². The van der Waals surface area contributed by atoms with Crippen LogP contribution < -0.4 is 10.6 Å². The third-order valence-corrected chi connectivity index (χ3v) is 3.64. The normalized spacial score (nSPS) is 15.2. The molecule has 1 saturated carbocycles. The van der Waals surface area contributed by atoms with Gasteiger partial charge in [-0.15, -0.1) is 6.58 Å². The number of benzene rings is 1. The largest absolute Gasteiger partial charge is 0.352 e. The third kappa shape index (κ3) is 3.20. The molecule has 1 aromatic rings. The van der Waals surface area contributed by atoms with Crippen LogP contribution in [0, 0.1) is 5.41 Å². The van der Waals surface area contributed by atoms with Crippen molar-refractivity contribution in [2.45, 2.75) is 19.4 Å². The summed E-state index contributed by atoms with van der Waals surface area (Å²) in [5.41, 5.74) is 0.0696. The number of carbonyl (C=O) groups excluding carboxylic acids is 2. The molecule has 1 aliphatic rings. The highest BCUT2D eigenvalue weighted by Crippen LogP contribution is 2.46. The Morgan fingerprint density at radius 1 is 1.20 bits per heavy atom. The van der Waals surface area contributed by atoms with Crippen molar-refractivity contribution in [1.29, 1.82) is 0 Å². The van der Waals surface area contributed by atoms with Gasteiger partial charge in [-0.2, -0.15) is 0 Å². The van der Waals surface area contributed by atoms with E-state index in [1.165, 1.54) is 0 Å². The van der Waals surface area contributed by atoms with Crippen molar-refractivity contribution < 1.29 is 9.59 Å². The molecule has 0 spiro atoms. The van der Waals surface area contributed by atoms with Gasteiger partial charge in [0.05, 0.1) is 0 Å². The standard InChI is InChI=1S/C15H17ClN2O2/c1-2-9-17-13(19)15(7-8-15)14(20)18-10-11-3-5-12(16)6-4-11/h2-6H,1,7-10H2,(H,17,19)(H,18,20). The molecule has 0 saturated heterocycles. The number of amides is 2. The van der Waals surface area contributed by atoms with Gasteiger partial charge in [0.15, 0.2) is 0 Å². The zero-order valence-electron chi connectivity index (χ0n) is 11.1. The Morgan fingerprint density at radius 2 is 1.80 bits per heavy atom. The van der Waals surface area contributed by atoms with Crippen molar-refractivity contribution in [1.82, 2.24) is 10.6 Å². The van der Waals surface area contributed by atoms with Crippen LogP contribution in [0.3, 0.4) is 0 Å². The summed E-state index contributed by atoms with van der Waals surface area (Å²) < 4.78 is 0. The van der Waals surface area contributed by atoms with Gasteiger partial charge in [0.1, 0.15) is 5.41 Å². The van der Waals surface area contributed by atoms with E-state index in [0.717, 1.165) is 5.56 Å². The molecule has 1 fully saturated rings. The maximum Gasteiger partial charge on any atom is 0.235 e. The van der Waals surface area contributed by atoms with Gasteiger partial charge in [-0.3, -0.25) is 9.59 Å². The Hall–Kier alpha value is -1.81. The molecule has 4 nitrogen and oxygen atoms in total. The molecule has 0 unspecified atom stereocenters. The van der Waals surface area contributed by atoms with E-state index in [9.17, 15) is 9.59 Å². The predicted molar refractivity (Wildman–Crippen MR) is 78.2 cm³/mol. The summed E-state index contributed by atoms with van der Waals surface area (Å²) in [4.78, 5) is 24.1. The van der Waals surface area contributed by atoms with E-state index in [1.807, 2.05) is 12.1 Å². The quantitative estimate of drug-likeness (QED) is 0.623. The predicted octanol–water partition coefficient (Wildman–Crippen LogP) is 2.04. The molecule has 20 heavy (non-hydrogen) atoms. The number of halogens is 1. The number of rotatable bonds is 6. The highest BCUT2D eigenvalue weighted by atomic mass is 35.5. The van der Waals surface area contributed by atoms with Gasteiger partial charge in [0.25, 0.3) is 0 Å². The minimum Gasteiger partial charge on any atom is -0.352 e. The summed E-state index contributed by atoms with van der Waals surface area (Å²) >= 11 is 5.80. The van der Waals surface area contributed by atoms with Gasteiger partial charge in [-0.05, 0) is 30.5 Å². The summed E-state index contributed by atoms with van der Waals surface area (Å²) in [6, 6.07) is 7.24. The fraction of sp³-hybridized carbons (Fsp3) is 0.333. The first-order valence-electron chi connectivity index (χ1n) is 6.50. The molecule has 2 amide bonds. The second-order valence-corrected chi connectivity index (χ2v) is 5.33. The van der Waals surface area contributed by atoms with Gasteiger partial charge < -0.3 is 10.6 Å². The van der Waals surface area contributed by atoms with Crippen LogP contribution in [0.2, 0.25) is 5.02 Å². The summed E-state index contributed by atoms with van der Waals surface area (Å²) in [7, 11) is 0. The van der Waals surface area contributed by atoms with E-state index in [0.29, 0.717) is 31.0 Å². The zero-order valence-corrected chi connectivity index (χ0v) is 11.9. The highest BCUT2D eigenvalue weighted by molar-refractivity contribution is 6.30. The van der Waals surface area contributed by atoms with Crippen LogP contribution in [0.25, 0.3) is 0 Å². The lowest BCUT2D eigenvalue weighted by molar-refractivity contribution is -0.137. The van der Waals surface area contributed by atoms with Crippen molar-refractivity contribution >= 4 is 23.4 Å². The Labute approximate surface area is 123 Å². The van der Waals surface area contributed by atoms with Crippen LogP contribution in [0.5, 0.6) is 0 Å². The lowest BCUT2D eigenvalue weighted by Crippen LogP contribution is -2.42. The molecule has 0 bridgehead atoms. The smallest absolute Gasteiger partial charge is 0.235 e. The second-order valence-electron chi connectivity index (χ2n) is 4.89. The highest BCUT2D eigenvalue weighted by Gasteiger charge is 2.56. The molecular weight excluding hydrogens is 276 g/mol. The van der Waals surface area contributed by atoms with E-state index >= 15 is 0 Å². The fourth-order valence-corrected chi connectivity index (χ4v) is 2.10. The molecule has 1 aromatic carbocycles. The van der Waals surface area contributed by atoms with Gasteiger partial charge in [-0.1, -0.05) is 29.8 Å². The van der Waals surface area contributed by atoms with Gasteiger partial charge >= 0.3 is 0 Å². The molecule has 2 rings (SSSR count). The Balaban J connectivity index is 1.90. The molecule has 0 aromatic heterocycles. The molecule has 5 heteroatoms. The summed E-state index contributed by atoms with van der Waals surface area (Å²) in [5.74, 6) is -0.431. The number of hydrogen-bond acceptors (Lipinski definition) is 2. The molecule has 0 heterocycles. The Bertz CT molecular complexity index is 521. The van der Waals surface area contributed by atoms with E-state index in [1.54, 1.807) is 18.2 Å². The van der Waals surface area contributed by atoms with E-state index in [4.69, 9.17) is 11.6 Å². The molecule has 2 N–H and O–H groups in total. The first-order chi connectivity index (χ1) is 9.58. The monoisotopic (exact) mass is 292 g/mol. The maximum atomic E-state index is 12.1. The number of hydrogen-bond donors (Lipinski definition) is 2. The fourth-order valence-electron chi connectivity index (χ4n) is 1.97. The molecule has 0 aliphatic heterocycles. The number of carbonyl (C=O) groups is 2. The minimum absolute atomic E-state index is 0.214. The molecular formula is C15H17ClN2O2.